The minimum absolute atomic E-state index is 0.0283. The lowest BCUT2D eigenvalue weighted by Crippen LogP contribution is -2.51. The fourth-order valence-electron chi connectivity index (χ4n) is 5.59. The first-order valence-electron chi connectivity index (χ1n) is 13.3. The van der Waals surface area contributed by atoms with E-state index in [1.54, 1.807) is 17.9 Å². The van der Waals surface area contributed by atoms with Gasteiger partial charge in [-0.1, -0.05) is 36.4 Å². The first-order chi connectivity index (χ1) is 19.9. The molecule has 2 aliphatic heterocycles. The van der Waals surface area contributed by atoms with Gasteiger partial charge >= 0.3 is 12.1 Å². The monoisotopic (exact) mass is 621 g/mol. The van der Waals surface area contributed by atoms with Crippen molar-refractivity contribution in [1.82, 2.24) is 9.21 Å². The number of aryl methyl sites for hydroxylation is 1. The highest BCUT2D eigenvalue weighted by Gasteiger charge is 2.46. The van der Waals surface area contributed by atoms with Gasteiger partial charge in [0, 0.05) is 50.9 Å². The van der Waals surface area contributed by atoms with Crippen molar-refractivity contribution in [3.8, 4) is 0 Å². The number of piperazine rings is 1. The summed E-state index contributed by atoms with van der Waals surface area (Å²) in [6.07, 6.45) is -4.45. The predicted octanol–water partition coefficient (Wildman–Crippen LogP) is 4.62. The molecular weight excluding hydrogens is 591 g/mol. The van der Waals surface area contributed by atoms with Gasteiger partial charge in [-0.15, -0.1) is 11.3 Å². The molecule has 0 aliphatic carbocycles. The molecule has 2 unspecified atom stereocenters. The maximum absolute atomic E-state index is 13.9. The Hall–Kier alpha value is -3.42. The highest BCUT2D eigenvalue weighted by molar-refractivity contribution is 7.91. The van der Waals surface area contributed by atoms with Gasteiger partial charge in [-0.3, -0.25) is 4.79 Å². The first kappa shape index (κ1) is 30.1. The van der Waals surface area contributed by atoms with E-state index in [1.807, 2.05) is 35.2 Å². The highest BCUT2D eigenvalue weighted by atomic mass is 32.2. The second kappa shape index (κ2) is 11.7. The zero-order valence-corrected chi connectivity index (χ0v) is 24.6. The zero-order valence-electron chi connectivity index (χ0n) is 23.0. The molecule has 2 aromatic carbocycles. The Kier molecular flexibility index (Phi) is 8.37. The Balaban J connectivity index is 1.35. The van der Waals surface area contributed by atoms with Crippen molar-refractivity contribution >= 4 is 38.9 Å². The van der Waals surface area contributed by atoms with Crippen molar-refractivity contribution in [3.63, 3.8) is 0 Å². The molecule has 1 amide bonds. The number of sulfonamides is 1. The molecule has 8 nitrogen and oxygen atoms in total. The maximum atomic E-state index is 13.9. The molecule has 2 atom stereocenters. The van der Waals surface area contributed by atoms with Crippen LogP contribution in [0.15, 0.2) is 64.9 Å². The number of rotatable bonds is 6. The lowest BCUT2D eigenvalue weighted by atomic mass is 9.88. The van der Waals surface area contributed by atoms with Crippen molar-refractivity contribution in [2.45, 2.75) is 23.2 Å². The molecule has 0 bridgehead atoms. The number of carbonyl (C=O) groups is 2. The van der Waals surface area contributed by atoms with Gasteiger partial charge in [-0.2, -0.15) is 17.5 Å². The number of alkyl halides is 3. The molecule has 2 fully saturated rings. The van der Waals surface area contributed by atoms with E-state index in [1.165, 1.54) is 23.5 Å². The lowest BCUT2D eigenvalue weighted by Gasteiger charge is -2.38. The molecule has 0 saturated carbocycles. The third-order valence-electron chi connectivity index (χ3n) is 7.79. The Bertz CT molecular complexity index is 1570. The minimum atomic E-state index is -4.45. The number of hydrogen-bond acceptors (Lipinski definition) is 7. The molecule has 13 heteroatoms. The molecule has 5 rings (SSSR count). The summed E-state index contributed by atoms with van der Waals surface area (Å²) in [5.41, 5.74) is 0.984. The number of carbonyl (C=O) groups excluding carboxylic acids is 2. The highest BCUT2D eigenvalue weighted by Crippen LogP contribution is 2.39. The summed E-state index contributed by atoms with van der Waals surface area (Å²) in [6, 6.07) is 15.9. The largest absolute Gasteiger partial charge is 0.465 e. The van der Waals surface area contributed by atoms with E-state index in [4.69, 9.17) is 4.74 Å². The van der Waals surface area contributed by atoms with Crippen LogP contribution in [0.5, 0.6) is 0 Å². The molecule has 3 aromatic rings. The fraction of sp³-hybridized carbons (Fsp3) is 0.379. The van der Waals surface area contributed by atoms with Crippen LogP contribution >= 0.6 is 11.3 Å². The van der Waals surface area contributed by atoms with Crippen LogP contribution in [0.1, 0.15) is 32.3 Å². The van der Waals surface area contributed by atoms with Gasteiger partial charge in [0.2, 0.25) is 5.91 Å². The third-order valence-corrected chi connectivity index (χ3v) is 11.5. The molecular formula is C29H30F3N3O5S2. The molecule has 0 spiro atoms. The average Bonchev–Trinajstić information content (AvgIpc) is 3.62. The number of anilines is 1. The predicted molar refractivity (Wildman–Crippen MR) is 152 cm³/mol. The molecule has 1 aromatic heterocycles. The van der Waals surface area contributed by atoms with E-state index in [-0.39, 0.29) is 28.1 Å². The summed E-state index contributed by atoms with van der Waals surface area (Å²) in [6.45, 7) is 2.98. The van der Waals surface area contributed by atoms with Crippen LogP contribution in [-0.2, 0) is 25.7 Å². The molecule has 224 valence electrons. The number of halogens is 3. The van der Waals surface area contributed by atoms with Crippen molar-refractivity contribution in [3.05, 3.63) is 82.2 Å². The topological polar surface area (TPSA) is 87.2 Å². The summed E-state index contributed by atoms with van der Waals surface area (Å²) in [7, 11) is -2.79. The van der Waals surface area contributed by atoms with Gasteiger partial charge in [0.25, 0.3) is 10.0 Å². The quantitative estimate of drug-likeness (QED) is 0.374. The first-order valence-corrected chi connectivity index (χ1v) is 15.6. The smallest absolute Gasteiger partial charge is 0.416 e. The molecule has 42 heavy (non-hydrogen) atoms. The maximum Gasteiger partial charge on any atom is 0.416 e. The van der Waals surface area contributed by atoms with E-state index in [9.17, 15) is 31.2 Å². The van der Waals surface area contributed by atoms with E-state index in [2.05, 4.69) is 0 Å². The number of nitrogens with zero attached hydrogens (tertiary/aromatic N) is 3. The number of ether oxygens (including phenoxy) is 1. The summed E-state index contributed by atoms with van der Waals surface area (Å²) in [5.74, 6) is -1.85. The second-order valence-electron chi connectivity index (χ2n) is 10.4. The van der Waals surface area contributed by atoms with Gasteiger partial charge in [0.1, 0.15) is 9.09 Å². The number of esters is 1. The van der Waals surface area contributed by atoms with Crippen LogP contribution in [0.3, 0.4) is 0 Å². The van der Waals surface area contributed by atoms with Gasteiger partial charge in [-0.05, 0) is 42.3 Å². The van der Waals surface area contributed by atoms with Crippen molar-refractivity contribution in [1.29, 1.82) is 0 Å². The van der Waals surface area contributed by atoms with Crippen LogP contribution < -0.4 is 4.90 Å². The molecule has 2 aliphatic rings. The molecule has 3 heterocycles. The van der Waals surface area contributed by atoms with Crippen LogP contribution in [0.25, 0.3) is 0 Å². The molecule has 2 saturated heterocycles. The number of benzene rings is 2. The minimum Gasteiger partial charge on any atom is -0.465 e. The van der Waals surface area contributed by atoms with Crippen molar-refractivity contribution in [2.75, 3.05) is 51.3 Å². The summed E-state index contributed by atoms with van der Waals surface area (Å²) in [4.78, 5) is 29.6. The van der Waals surface area contributed by atoms with Crippen molar-refractivity contribution < 1.29 is 35.9 Å². The van der Waals surface area contributed by atoms with E-state index in [0.29, 0.717) is 37.4 Å². The SMILES string of the molecule is COC(=O)c1cc(C)c(S(=O)(=O)N2CC(C(=O)N3CCN(c4cccc(C(F)(F)F)c4)CC3)C(c3ccccc3)C2)s1. The van der Waals surface area contributed by atoms with Gasteiger partial charge in [0.05, 0.1) is 18.6 Å². The molecule has 0 radical (unpaired) electrons. The lowest BCUT2D eigenvalue weighted by molar-refractivity contribution is -0.137. The van der Waals surface area contributed by atoms with Gasteiger partial charge in [-0.25, -0.2) is 13.2 Å². The van der Waals surface area contributed by atoms with Crippen LogP contribution in [0.2, 0.25) is 0 Å². The average molecular weight is 622 g/mol. The van der Waals surface area contributed by atoms with Crippen LogP contribution in [0, 0.1) is 12.8 Å². The molecule has 0 N–H and O–H groups in total. The Morgan fingerprint density at radius 2 is 1.64 bits per heavy atom. The standard InChI is InChI=1S/C29H30F3N3O5S2/c1-19-15-25(27(37)40-2)41-28(19)42(38,39)35-17-23(20-7-4-3-5-8-20)24(18-35)26(36)34-13-11-33(12-14-34)22-10-6-9-21(16-22)29(30,31)32/h3-10,15-16,23-24H,11-14,17-18H2,1-2H3. The number of methoxy groups -OCH3 is 1. The van der Waals surface area contributed by atoms with Gasteiger partial charge in [0.15, 0.2) is 0 Å². The van der Waals surface area contributed by atoms with Crippen LogP contribution in [-0.4, -0.2) is 75.9 Å². The Morgan fingerprint density at radius 1 is 0.952 bits per heavy atom. The fourth-order valence-corrected chi connectivity index (χ4v) is 8.83. The Morgan fingerprint density at radius 3 is 2.29 bits per heavy atom. The zero-order chi connectivity index (χ0) is 30.2. The third kappa shape index (κ3) is 5.90. The normalized spacial score (nSPS) is 20.1. The number of thiophene rings is 1. The Labute approximate surface area is 246 Å². The van der Waals surface area contributed by atoms with E-state index < -0.39 is 39.6 Å². The second-order valence-corrected chi connectivity index (χ2v) is 13.6. The number of amides is 1. The number of hydrogen-bond donors (Lipinski definition) is 0. The summed E-state index contributed by atoms with van der Waals surface area (Å²) in [5, 5.41) is 0. The van der Waals surface area contributed by atoms with Gasteiger partial charge < -0.3 is 14.5 Å². The van der Waals surface area contributed by atoms with Crippen LogP contribution in [0.4, 0.5) is 18.9 Å². The summed E-state index contributed by atoms with van der Waals surface area (Å²) >= 11 is 0.846. The summed E-state index contributed by atoms with van der Waals surface area (Å²) < 4.78 is 73.3. The van der Waals surface area contributed by atoms with E-state index >= 15 is 0 Å². The van der Waals surface area contributed by atoms with E-state index in [0.717, 1.165) is 29.0 Å². The van der Waals surface area contributed by atoms with Crippen molar-refractivity contribution in [2.24, 2.45) is 5.92 Å².